The van der Waals surface area contributed by atoms with E-state index in [4.69, 9.17) is 0 Å². The first-order chi connectivity index (χ1) is 4.43. The fraction of sp³-hybridized carbons (Fsp3) is 0.167. The Balaban J connectivity index is 2.38. The number of hydrogen-bond acceptors (Lipinski definition) is 2. The number of nitrogens with zero attached hydrogens (tertiary/aromatic N) is 1. The van der Waals surface area contributed by atoms with Gasteiger partial charge in [-0.2, -0.15) is 0 Å². The van der Waals surface area contributed by atoms with E-state index in [1.807, 2.05) is 24.5 Å². The van der Waals surface area contributed by atoms with Gasteiger partial charge >= 0.3 is 0 Å². The lowest BCUT2D eigenvalue weighted by Gasteiger charge is -2.00. The molecule has 0 bridgehead atoms. The highest BCUT2D eigenvalue weighted by Crippen LogP contribution is 1.82. The minimum absolute atomic E-state index is 0.356. The molecule has 0 aliphatic carbocycles. The van der Waals surface area contributed by atoms with Crippen LogP contribution in [0.5, 0.6) is 0 Å². The fourth-order valence-corrected chi connectivity index (χ4v) is 0.583. The van der Waals surface area contributed by atoms with Crippen LogP contribution in [0.25, 0.3) is 0 Å². The summed E-state index contributed by atoms with van der Waals surface area (Å²) in [7, 11) is 0. The standard InChI is InChI=1S/C6H8N2O/c9-6-3-7-8-4-1-2-5-8/h1-2,4-7H,3H2. The molecule has 1 N–H and O–H groups in total. The molecule has 0 aliphatic heterocycles. The van der Waals surface area contributed by atoms with Gasteiger partial charge in [-0.3, -0.25) is 4.68 Å². The van der Waals surface area contributed by atoms with Crippen LogP contribution >= 0.6 is 0 Å². The van der Waals surface area contributed by atoms with Crippen LogP contribution in [-0.2, 0) is 4.79 Å². The number of aromatic nitrogens is 1. The largest absolute Gasteiger partial charge is 0.319 e. The SMILES string of the molecule is O=CCNn1cccc1. The van der Waals surface area contributed by atoms with Crippen LogP contribution in [0, 0.1) is 0 Å². The molecule has 0 aromatic carbocycles. The summed E-state index contributed by atoms with van der Waals surface area (Å²) in [5, 5.41) is 0. The van der Waals surface area contributed by atoms with Gasteiger partial charge in [0.1, 0.15) is 6.29 Å². The highest BCUT2D eigenvalue weighted by Gasteiger charge is 1.80. The zero-order chi connectivity index (χ0) is 6.53. The third-order valence-corrected chi connectivity index (χ3v) is 0.962. The van der Waals surface area contributed by atoms with E-state index in [0.29, 0.717) is 6.54 Å². The molecular formula is C6H8N2O. The third kappa shape index (κ3) is 1.60. The van der Waals surface area contributed by atoms with Crippen molar-refractivity contribution >= 4 is 6.29 Å². The average Bonchev–Trinajstić information content (AvgIpc) is 2.34. The summed E-state index contributed by atoms with van der Waals surface area (Å²) >= 11 is 0. The van der Waals surface area contributed by atoms with Gasteiger partial charge in [0.2, 0.25) is 0 Å². The zero-order valence-corrected chi connectivity index (χ0v) is 4.95. The first-order valence-electron chi connectivity index (χ1n) is 2.74. The Morgan fingerprint density at radius 3 is 2.67 bits per heavy atom. The summed E-state index contributed by atoms with van der Waals surface area (Å²) in [5.74, 6) is 0. The zero-order valence-electron chi connectivity index (χ0n) is 4.95. The van der Waals surface area contributed by atoms with Gasteiger partial charge in [0, 0.05) is 12.4 Å². The number of carbonyl (C=O) groups is 1. The molecule has 0 saturated heterocycles. The molecule has 0 fully saturated rings. The number of rotatable bonds is 3. The molecule has 0 atom stereocenters. The van der Waals surface area contributed by atoms with E-state index >= 15 is 0 Å². The van der Waals surface area contributed by atoms with Gasteiger partial charge in [-0.1, -0.05) is 0 Å². The summed E-state index contributed by atoms with van der Waals surface area (Å²) in [6.07, 6.45) is 4.49. The van der Waals surface area contributed by atoms with E-state index in [1.165, 1.54) is 0 Å². The fourth-order valence-electron chi connectivity index (χ4n) is 0.583. The van der Waals surface area contributed by atoms with E-state index in [0.717, 1.165) is 6.29 Å². The Kier molecular flexibility index (Phi) is 1.90. The van der Waals surface area contributed by atoms with Crippen molar-refractivity contribution in [3.8, 4) is 0 Å². The second-order valence-electron chi connectivity index (χ2n) is 1.62. The lowest BCUT2D eigenvalue weighted by atomic mass is 10.7. The molecule has 48 valence electrons. The maximum atomic E-state index is 9.82. The van der Waals surface area contributed by atoms with E-state index in [9.17, 15) is 4.79 Å². The molecule has 1 aromatic heterocycles. The average molecular weight is 124 g/mol. The monoisotopic (exact) mass is 124 g/mol. The highest BCUT2D eigenvalue weighted by atomic mass is 16.1. The van der Waals surface area contributed by atoms with Gasteiger partial charge in [-0.05, 0) is 12.1 Å². The molecule has 1 heterocycles. The van der Waals surface area contributed by atoms with Gasteiger partial charge in [0.15, 0.2) is 0 Å². The van der Waals surface area contributed by atoms with Crippen molar-refractivity contribution < 1.29 is 4.79 Å². The number of hydrogen-bond donors (Lipinski definition) is 1. The second kappa shape index (κ2) is 2.91. The van der Waals surface area contributed by atoms with Crippen molar-refractivity contribution in [1.82, 2.24) is 4.68 Å². The van der Waals surface area contributed by atoms with Crippen molar-refractivity contribution in [2.75, 3.05) is 12.0 Å². The predicted molar refractivity (Wildman–Crippen MR) is 34.7 cm³/mol. The first kappa shape index (κ1) is 5.88. The maximum Gasteiger partial charge on any atom is 0.140 e. The summed E-state index contributed by atoms with van der Waals surface area (Å²) < 4.78 is 1.73. The lowest BCUT2D eigenvalue weighted by Crippen LogP contribution is -2.14. The third-order valence-electron chi connectivity index (χ3n) is 0.962. The molecule has 0 aliphatic rings. The van der Waals surface area contributed by atoms with Crippen LogP contribution in [-0.4, -0.2) is 17.5 Å². The van der Waals surface area contributed by atoms with E-state index in [2.05, 4.69) is 5.43 Å². The lowest BCUT2D eigenvalue weighted by molar-refractivity contribution is -0.106. The van der Waals surface area contributed by atoms with Crippen LogP contribution in [0.4, 0.5) is 0 Å². The number of carbonyl (C=O) groups excluding carboxylic acids is 1. The second-order valence-corrected chi connectivity index (χ2v) is 1.62. The van der Waals surface area contributed by atoms with Gasteiger partial charge in [0.05, 0.1) is 6.54 Å². The molecule has 0 amide bonds. The smallest absolute Gasteiger partial charge is 0.140 e. The van der Waals surface area contributed by atoms with E-state index < -0.39 is 0 Å². The first-order valence-corrected chi connectivity index (χ1v) is 2.74. The molecule has 1 rings (SSSR count). The molecule has 0 radical (unpaired) electrons. The molecule has 0 unspecified atom stereocenters. The van der Waals surface area contributed by atoms with Gasteiger partial charge < -0.3 is 10.2 Å². The van der Waals surface area contributed by atoms with E-state index in [1.54, 1.807) is 4.68 Å². The van der Waals surface area contributed by atoms with Gasteiger partial charge in [0.25, 0.3) is 0 Å². The quantitative estimate of drug-likeness (QED) is 0.585. The van der Waals surface area contributed by atoms with Gasteiger partial charge in [-0.15, -0.1) is 0 Å². The maximum absolute atomic E-state index is 9.82. The molecule has 0 spiro atoms. The Morgan fingerprint density at radius 1 is 1.44 bits per heavy atom. The van der Waals surface area contributed by atoms with Crippen LogP contribution in [0.2, 0.25) is 0 Å². The summed E-state index contributed by atoms with van der Waals surface area (Å²) in [6.45, 7) is 0.356. The highest BCUT2D eigenvalue weighted by molar-refractivity contribution is 5.53. The van der Waals surface area contributed by atoms with Gasteiger partial charge in [-0.25, -0.2) is 0 Å². The predicted octanol–water partition coefficient (Wildman–Crippen LogP) is 0.230. The Bertz CT molecular complexity index is 169. The molecular weight excluding hydrogens is 116 g/mol. The summed E-state index contributed by atoms with van der Waals surface area (Å²) in [5.41, 5.74) is 2.82. The molecule has 3 heteroatoms. The van der Waals surface area contributed by atoms with Crippen molar-refractivity contribution in [3.05, 3.63) is 24.5 Å². The van der Waals surface area contributed by atoms with Crippen LogP contribution in [0.15, 0.2) is 24.5 Å². The molecule has 3 nitrogen and oxygen atoms in total. The Hall–Kier alpha value is -1.25. The Morgan fingerprint density at radius 2 is 2.11 bits per heavy atom. The van der Waals surface area contributed by atoms with Crippen LogP contribution < -0.4 is 5.43 Å². The summed E-state index contributed by atoms with van der Waals surface area (Å²) in [4.78, 5) is 9.82. The minimum atomic E-state index is 0.356. The Labute approximate surface area is 53.3 Å². The van der Waals surface area contributed by atoms with Crippen LogP contribution in [0.3, 0.4) is 0 Å². The van der Waals surface area contributed by atoms with E-state index in [-0.39, 0.29) is 0 Å². The number of nitrogens with one attached hydrogen (secondary N) is 1. The topological polar surface area (TPSA) is 34.0 Å². The van der Waals surface area contributed by atoms with Crippen molar-refractivity contribution in [2.45, 2.75) is 0 Å². The van der Waals surface area contributed by atoms with Crippen molar-refractivity contribution in [1.29, 1.82) is 0 Å². The molecule has 1 aromatic rings. The van der Waals surface area contributed by atoms with Crippen molar-refractivity contribution in [3.63, 3.8) is 0 Å². The molecule has 0 saturated carbocycles. The minimum Gasteiger partial charge on any atom is -0.319 e. The summed E-state index contributed by atoms with van der Waals surface area (Å²) in [6, 6.07) is 3.77. The molecule has 9 heavy (non-hydrogen) atoms. The van der Waals surface area contributed by atoms with Crippen LogP contribution in [0.1, 0.15) is 0 Å². The number of aldehydes is 1. The van der Waals surface area contributed by atoms with Crippen molar-refractivity contribution in [2.24, 2.45) is 0 Å². The normalized spacial score (nSPS) is 8.89.